The number of rotatable bonds is 3. The van der Waals surface area contributed by atoms with Gasteiger partial charge >= 0.3 is 0 Å². The van der Waals surface area contributed by atoms with Crippen LogP contribution in [0.15, 0.2) is 71.1 Å². The molecule has 4 rings (SSSR count). The molecule has 128 valence electrons. The van der Waals surface area contributed by atoms with Crippen LogP contribution in [0.2, 0.25) is 0 Å². The minimum Gasteiger partial charge on any atom is -0.504 e. The van der Waals surface area contributed by atoms with E-state index in [1.807, 2.05) is 36.4 Å². The minimum absolute atomic E-state index is 0.201. The molecule has 0 aliphatic carbocycles. The van der Waals surface area contributed by atoms with Crippen LogP contribution in [-0.2, 0) is 0 Å². The average molecular weight is 344 g/mol. The van der Waals surface area contributed by atoms with Crippen LogP contribution in [0.5, 0.6) is 11.5 Å². The van der Waals surface area contributed by atoms with Crippen molar-refractivity contribution in [3.63, 3.8) is 0 Å². The van der Waals surface area contributed by atoms with Crippen molar-refractivity contribution < 1.29 is 19.4 Å². The van der Waals surface area contributed by atoms with Crippen LogP contribution in [0, 0.1) is 6.92 Å². The van der Waals surface area contributed by atoms with Crippen LogP contribution in [0.4, 0.5) is 0 Å². The van der Waals surface area contributed by atoms with Gasteiger partial charge in [0.1, 0.15) is 11.3 Å². The number of aryl methyl sites for hydroxylation is 1. The number of furan rings is 1. The summed E-state index contributed by atoms with van der Waals surface area (Å²) in [6.07, 6.45) is 0. The predicted molar refractivity (Wildman–Crippen MR) is 99.6 cm³/mol. The molecular weight excluding hydrogens is 328 g/mol. The number of ketones is 1. The minimum atomic E-state index is -0.280. The SMILES string of the molecule is Cc1c(O)c(O)cc2c(C(=O)c3ccccc3)c(-c3ccccc3)oc12. The molecule has 2 N–H and O–H groups in total. The van der Waals surface area contributed by atoms with Gasteiger partial charge in [-0.3, -0.25) is 4.79 Å². The molecule has 26 heavy (non-hydrogen) atoms. The lowest BCUT2D eigenvalue weighted by Gasteiger charge is -2.04. The summed E-state index contributed by atoms with van der Waals surface area (Å²) >= 11 is 0. The first-order valence-electron chi connectivity index (χ1n) is 8.21. The fraction of sp³-hybridized carbons (Fsp3) is 0.0455. The third kappa shape index (κ3) is 2.43. The zero-order chi connectivity index (χ0) is 18.3. The van der Waals surface area contributed by atoms with Crippen LogP contribution >= 0.6 is 0 Å². The third-order valence-corrected chi connectivity index (χ3v) is 4.46. The van der Waals surface area contributed by atoms with E-state index in [1.54, 1.807) is 31.2 Å². The van der Waals surface area contributed by atoms with Crippen LogP contribution in [0.3, 0.4) is 0 Å². The molecule has 0 bridgehead atoms. The van der Waals surface area contributed by atoms with Gasteiger partial charge in [-0.1, -0.05) is 60.7 Å². The second-order valence-electron chi connectivity index (χ2n) is 6.11. The summed E-state index contributed by atoms with van der Waals surface area (Å²) in [7, 11) is 0. The molecule has 0 radical (unpaired) electrons. The van der Waals surface area contributed by atoms with Crippen molar-refractivity contribution in [3.8, 4) is 22.8 Å². The van der Waals surface area contributed by atoms with Crippen molar-refractivity contribution in [3.05, 3.63) is 83.4 Å². The van der Waals surface area contributed by atoms with E-state index >= 15 is 0 Å². The molecule has 4 nitrogen and oxygen atoms in total. The van der Waals surface area contributed by atoms with Gasteiger partial charge in [-0.15, -0.1) is 0 Å². The first kappa shape index (κ1) is 16.0. The molecule has 0 spiro atoms. The Bertz CT molecular complexity index is 1110. The second kappa shape index (κ2) is 6.08. The van der Waals surface area contributed by atoms with Crippen LogP contribution < -0.4 is 0 Å². The average Bonchev–Trinajstić information content (AvgIpc) is 3.06. The van der Waals surface area contributed by atoms with Gasteiger partial charge in [0, 0.05) is 22.1 Å². The van der Waals surface area contributed by atoms with Gasteiger partial charge in [0.05, 0.1) is 5.56 Å². The lowest BCUT2D eigenvalue weighted by Crippen LogP contribution is -2.02. The lowest BCUT2D eigenvalue weighted by atomic mass is 9.96. The summed E-state index contributed by atoms with van der Waals surface area (Å²) in [6, 6.07) is 19.6. The van der Waals surface area contributed by atoms with E-state index < -0.39 is 0 Å². The number of carbonyl (C=O) groups excluding carboxylic acids is 1. The number of carbonyl (C=O) groups is 1. The van der Waals surface area contributed by atoms with Crippen molar-refractivity contribution in [1.82, 2.24) is 0 Å². The van der Waals surface area contributed by atoms with Crippen molar-refractivity contribution in [2.75, 3.05) is 0 Å². The van der Waals surface area contributed by atoms with Gasteiger partial charge in [0.15, 0.2) is 17.3 Å². The number of phenolic OH excluding ortho intramolecular Hbond substituents is 2. The summed E-state index contributed by atoms with van der Waals surface area (Å²) in [4.78, 5) is 13.2. The molecular formula is C22H16O4. The molecule has 0 unspecified atom stereocenters. The zero-order valence-corrected chi connectivity index (χ0v) is 14.1. The van der Waals surface area contributed by atoms with Crippen molar-refractivity contribution >= 4 is 16.8 Å². The summed E-state index contributed by atoms with van der Waals surface area (Å²) < 4.78 is 6.00. The van der Waals surface area contributed by atoms with E-state index in [0.29, 0.717) is 33.4 Å². The summed E-state index contributed by atoms with van der Waals surface area (Å²) in [6.45, 7) is 1.65. The standard InChI is InChI=1S/C22H16O4/c1-13-19(24)17(23)12-16-18(20(25)14-8-4-2-5-9-14)22(26-21(13)16)15-10-6-3-7-11-15/h2-12,23-24H,1H3. The number of benzene rings is 3. The fourth-order valence-electron chi connectivity index (χ4n) is 3.12. The Morgan fingerprint density at radius 3 is 2.19 bits per heavy atom. The van der Waals surface area contributed by atoms with Gasteiger partial charge in [-0.2, -0.15) is 0 Å². The van der Waals surface area contributed by atoms with E-state index in [-0.39, 0.29) is 17.3 Å². The quantitative estimate of drug-likeness (QED) is 0.403. The molecule has 0 fully saturated rings. The zero-order valence-electron chi connectivity index (χ0n) is 14.1. The van der Waals surface area contributed by atoms with Crippen molar-refractivity contribution in [1.29, 1.82) is 0 Å². The Morgan fingerprint density at radius 1 is 0.923 bits per heavy atom. The normalized spacial score (nSPS) is 11.0. The molecule has 0 amide bonds. The van der Waals surface area contributed by atoms with Crippen molar-refractivity contribution in [2.45, 2.75) is 6.92 Å². The topological polar surface area (TPSA) is 70.7 Å². The Morgan fingerprint density at radius 2 is 1.54 bits per heavy atom. The maximum atomic E-state index is 13.2. The highest BCUT2D eigenvalue weighted by molar-refractivity contribution is 6.20. The number of fused-ring (bicyclic) bond motifs is 1. The molecule has 3 aromatic carbocycles. The van der Waals surface area contributed by atoms with Gasteiger partial charge in [-0.25, -0.2) is 0 Å². The highest BCUT2D eigenvalue weighted by Crippen LogP contribution is 2.42. The summed E-state index contributed by atoms with van der Waals surface area (Å²) in [5, 5.41) is 20.6. The Labute approximate surface area is 150 Å². The Balaban J connectivity index is 2.07. The first-order chi connectivity index (χ1) is 12.6. The van der Waals surface area contributed by atoms with Crippen molar-refractivity contribution in [2.24, 2.45) is 0 Å². The number of hydrogen-bond donors (Lipinski definition) is 2. The van der Waals surface area contributed by atoms with E-state index in [9.17, 15) is 15.0 Å². The Hall–Kier alpha value is -3.53. The van der Waals surface area contributed by atoms with E-state index in [4.69, 9.17) is 4.42 Å². The third-order valence-electron chi connectivity index (χ3n) is 4.46. The van der Waals surface area contributed by atoms with Crippen LogP contribution in [-0.4, -0.2) is 16.0 Å². The largest absolute Gasteiger partial charge is 0.504 e. The first-order valence-corrected chi connectivity index (χ1v) is 8.21. The highest BCUT2D eigenvalue weighted by atomic mass is 16.3. The highest BCUT2D eigenvalue weighted by Gasteiger charge is 2.26. The maximum Gasteiger partial charge on any atom is 0.197 e. The maximum absolute atomic E-state index is 13.2. The molecule has 4 heteroatoms. The fourth-order valence-corrected chi connectivity index (χ4v) is 3.12. The lowest BCUT2D eigenvalue weighted by molar-refractivity contribution is 0.104. The predicted octanol–water partition coefficient (Wildman–Crippen LogP) is 5.05. The Kier molecular flexibility index (Phi) is 3.73. The van der Waals surface area contributed by atoms with Gasteiger partial charge in [0.2, 0.25) is 0 Å². The van der Waals surface area contributed by atoms with E-state index in [2.05, 4.69) is 0 Å². The van der Waals surface area contributed by atoms with Gasteiger partial charge < -0.3 is 14.6 Å². The molecule has 4 aromatic rings. The number of phenols is 2. The number of hydrogen-bond acceptors (Lipinski definition) is 4. The summed E-state index contributed by atoms with van der Waals surface area (Å²) in [5.74, 6) is -0.308. The molecule has 0 atom stereocenters. The van der Waals surface area contributed by atoms with Gasteiger partial charge in [0.25, 0.3) is 0 Å². The number of aromatic hydroxyl groups is 2. The van der Waals surface area contributed by atoms with Gasteiger partial charge in [-0.05, 0) is 13.0 Å². The molecule has 0 saturated carbocycles. The van der Waals surface area contributed by atoms with Crippen LogP contribution in [0.25, 0.3) is 22.3 Å². The molecule has 1 aromatic heterocycles. The molecule has 0 saturated heterocycles. The molecule has 0 aliphatic heterocycles. The second-order valence-corrected chi connectivity index (χ2v) is 6.11. The monoisotopic (exact) mass is 344 g/mol. The summed E-state index contributed by atoms with van der Waals surface area (Å²) in [5.41, 5.74) is 2.43. The smallest absolute Gasteiger partial charge is 0.197 e. The van der Waals surface area contributed by atoms with Crippen LogP contribution in [0.1, 0.15) is 21.5 Å². The van der Waals surface area contributed by atoms with E-state index in [1.165, 1.54) is 6.07 Å². The van der Waals surface area contributed by atoms with E-state index in [0.717, 1.165) is 5.56 Å². The molecule has 1 heterocycles. The molecule has 0 aliphatic rings.